The zero-order valence-corrected chi connectivity index (χ0v) is 26.7. The van der Waals surface area contributed by atoms with Crippen molar-refractivity contribution in [2.75, 3.05) is 0 Å². The number of para-hydroxylation sites is 3. The number of fused-ring (bicyclic) bond motifs is 6. The van der Waals surface area contributed by atoms with Gasteiger partial charge in [-0.2, -0.15) is 15.8 Å². The molecule has 0 atom stereocenters. The van der Waals surface area contributed by atoms with Gasteiger partial charge in [-0.05, 0) is 89.5 Å². The smallest absolute Gasteiger partial charge is 0.0992 e. The van der Waals surface area contributed by atoms with Gasteiger partial charge in [-0.25, -0.2) is 0 Å². The first-order valence-electron chi connectivity index (χ1n) is 16.3. The number of nitriles is 3. The monoisotopic (exact) mass is 635 g/mol. The lowest BCUT2D eigenvalue weighted by Gasteiger charge is -2.18. The van der Waals surface area contributed by atoms with Gasteiger partial charge in [-0.1, -0.05) is 78.9 Å². The van der Waals surface area contributed by atoms with E-state index in [0.29, 0.717) is 16.7 Å². The van der Waals surface area contributed by atoms with Crippen molar-refractivity contribution in [3.8, 4) is 51.8 Å². The van der Waals surface area contributed by atoms with Gasteiger partial charge in [0, 0.05) is 32.8 Å². The molecular weight excluding hydrogens is 611 g/mol. The van der Waals surface area contributed by atoms with Crippen LogP contribution in [0.1, 0.15) is 16.7 Å². The molecule has 0 unspecified atom stereocenters. The fraction of sp³-hybridized carbons (Fsp3) is 0. The molecule has 0 bridgehead atoms. The van der Waals surface area contributed by atoms with Crippen LogP contribution in [0.4, 0.5) is 0 Å². The molecule has 230 valence electrons. The summed E-state index contributed by atoms with van der Waals surface area (Å²) in [6, 6.07) is 57.9. The van der Waals surface area contributed by atoms with E-state index in [0.717, 1.165) is 77.2 Å². The van der Waals surface area contributed by atoms with Crippen molar-refractivity contribution in [3.63, 3.8) is 0 Å². The van der Waals surface area contributed by atoms with E-state index in [-0.39, 0.29) is 0 Å². The molecule has 5 nitrogen and oxygen atoms in total. The quantitative estimate of drug-likeness (QED) is 0.193. The molecule has 0 aliphatic heterocycles. The van der Waals surface area contributed by atoms with Gasteiger partial charge in [0.05, 0.1) is 62.7 Å². The van der Waals surface area contributed by atoms with Gasteiger partial charge in [0.2, 0.25) is 0 Å². The predicted octanol–water partition coefficient (Wildman–Crippen LogP) is 10.8. The van der Waals surface area contributed by atoms with Crippen LogP contribution >= 0.6 is 0 Å². The van der Waals surface area contributed by atoms with Gasteiger partial charge in [0.1, 0.15) is 0 Å². The van der Waals surface area contributed by atoms with Crippen LogP contribution in [0.2, 0.25) is 0 Å². The Balaban J connectivity index is 1.24. The average Bonchev–Trinajstić information content (AvgIpc) is 3.69. The highest BCUT2D eigenvalue weighted by molar-refractivity contribution is 6.11. The van der Waals surface area contributed by atoms with Crippen LogP contribution in [0.3, 0.4) is 0 Å². The maximum absolute atomic E-state index is 10.0. The highest BCUT2D eigenvalue weighted by atomic mass is 15.0. The summed E-state index contributed by atoms with van der Waals surface area (Å²) >= 11 is 0. The van der Waals surface area contributed by atoms with Crippen molar-refractivity contribution < 1.29 is 0 Å². The molecule has 0 saturated carbocycles. The van der Waals surface area contributed by atoms with E-state index < -0.39 is 0 Å². The van der Waals surface area contributed by atoms with Crippen LogP contribution < -0.4 is 0 Å². The summed E-state index contributed by atoms with van der Waals surface area (Å²) in [6.45, 7) is 0. The number of hydrogen-bond acceptors (Lipinski definition) is 3. The first-order chi connectivity index (χ1) is 24.7. The van der Waals surface area contributed by atoms with Gasteiger partial charge in [0.15, 0.2) is 0 Å². The van der Waals surface area contributed by atoms with E-state index in [1.165, 1.54) is 0 Å². The van der Waals surface area contributed by atoms with Crippen LogP contribution in [0.15, 0.2) is 152 Å². The summed E-state index contributed by atoms with van der Waals surface area (Å²) < 4.78 is 4.47. The van der Waals surface area contributed by atoms with Crippen LogP contribution in [-0.2, 0) is 0 Å². The predicted molar refractivity (Wildman–Crippen MR) is 200 cm³/mol. The fourth-order valence-electron chi connectivity index (χ4n) is 7.40. The molecule has 50 heavy (non-hydrogen) atoms. The second kappa shape index (κ2) is 11.4. The average molecular weight is 636 g/mol. The maximum Gasteiger partial charge on any atom is 0.0992 e. The molecule has 0 aliphatic carbocycles. The minimum Gasteiger partial charge on any atom is -0.309 e. The number of nitrogens with zero attached hydrogens (tertiary/aromatic N) is 5. The Morgan fingerprint density at radius 2 is 0.920 bits per heavy atom. The molecule has 0 spiro atoms. The molecule has 0 fully saturated rings. The fourth-order valence-corrected chi connectivity index (χ4v) is 7.40. The third-order valence-corrected chi connectivity index (χ3v) is 9.62. The molecular formula is C45H25N5. The van der Waals surface area contributed by atoms with E-state index in [4.69, 9.17) is 0 Å². The molecule has 2 aromatic heterocycles. The first kappa shape index (κ1) is 28.8. The van der Waals surface area contributed by atoms with Gasteiger partial charge < -0.3 is 9.13 Å². The highest BCUT2D eigenvalue weighted by Crippen LogP contribution is 2.41. The molecule has 7 aromatic carbocycles. The third kappa shape index (κ3) is 4.38. The SMILES string of the molecule is N#Cc1ccc(-c2ccc(-n3c4ccccc4c4cc(C#N)ccc43)cc2)c(-c2ccccc2-n2c3ccccc3c3ccc(C#N)cc32)c1. The van der Waals surface area contributed by atoms with Crippen molar-refractivity contribution in [1.29, 1.82) is 15.8 Å². The zero-order valence-electron chi connectivity index (χ0n) is 26.7. The van der Waals surface area contributed by atoms with Gasteiger partial charge in [0.25, 0.3) is 0 Å². The summed E-state index contributed by atoms with van der Waals surface area (Å²) in [4.78, 5) is 0. The summed E-state index contributed by atoms with van der Waals surface area (Å²) in [6.07, 6.45) is 0. The Morgan fingerprint density at radius 1 is 0.360 bits per heavy atom. The molecule has 0 N–H and O–H groups in total. The third-order valence-electron chi connectivity index (χ3n) is 9.62. The number of hydrogen-bond donors (Lipinski definition) is 0. The second-order valence-corrected chi connectivity index (χ2v) is 12.3. The standard InChI is InChI=1S/C45H25N5/c46-26-29-13-20-34(32-16-18-33(19-17-32)49-41-10-4-3-9-37(41)40-24-30(27-47)15-22-44(40)49)39(23-29)36-8-2-6-12-43(36)50-42-11-5-1-7-35(42)38-21-14-31(28-48)25-45(38)50/h1-25H. The van der Waals surface area contributed by atoms with Crippen molar-refractivity contribution in [3.05, 3.63) is 168 Å². The molecule has 2 heterocycles. The zero-order chi connectivity index (χ0) is 33.8. The summed E-state index contributed by atoms with van der Waals surface area (Å²) in [5.41, 5.74) is 11.8. The molecule has 0 amide bonds. The Kier molecular flexibility index (Phi) is 6.56. The van der Waals surface area contributed by atoms with Gasteiger partial charge in [-0.3, -0.25) is 0 Å². The highest BCUT2D eigenvalue weighted by Gasteiger charge is 2.19. The Morgan fingerprint density at radius 3 is 1.68 bits per heavy atom. The molecule has 9 aromatic rings. The normalized spacial score (nSPS) is 11.1. The summed E-state index contributed by atoms with van der Waals surface area (Å²) in [7, 11) is 0. The van der Waals surface area contributed by atoms with Gasteiger partial charge >= 0.3 is 0 Å². The van der Waals surface area contributed by atoms with E-state index in [2.05, 4.69) is 88.0 Å². The lowest BCUT2D eigenvalue weighted by Crippen LogP contribution is -1.99. The van der Waals surface area contributed by atoms with Crippen LogP contribution in [-0.4, -0.2) is 9.13 Å². The Labute approximate surface area is 287 Å². The number of rotatable bonds is 4. The molecule has 0 saturated heterocycles. The maximum atomic E-state index is 10.0. The van der Waals surface area contributed by atoms with Crippen LogP contribution in [0.25, 0.3) is 77.2 Å². The van der Waals surface area contributed by atoms with E-state index in [9.17, 15) is 15.8 Å². The summed E-state index contributed by atoms with van der Waals surface area (Å²) in [5.74, 6) is 0. The van der Waals surface area contributed by atoms with Crippen LogP contribution in [0, 0.1) is 34.0 Å². The van der Waals surface area contributed by atoms with Crippen molar-refractivity contribution in [1.82, 2.24) is 9.13 Å². The number of aromatic nitrogens is 2. The van der Waals surface area contributed by atoms with Crippen molar-refractivity contribution >= 4 is 43.6 Å². The lowest BCUT2D eigenvalue weighted by atomic mass is 9.91. The molecule has 0 radical (unpaired) electrons. The lowest BCUT2D eigenvalue weighted by molar-refractivity contribution is 1.18. The van der Waals surface area contributed by atoms with Crippen molar-refractivity contribution in [2.45, 2.75) is 0 Å². The Hall–Kier alpha value is -7.39. The minimum atomic E-state index is 0.575. The van der Waals surface area contributed by atoms with Crippen LogP contribution in [0.5, 0.6) is 0 Å². The minimum absolute atomic E-state index is 0.575. The molecule has 9 rings (SSSR count). The Bertz CT molecular complexity index is 2960. The first-order valence-corrected chi connectivity index (χ1v) is 16.3. The largest absolute Gasteiger partial charge is 0.309 e. The van der Waals surface area contributed by atoms with E-state index >= 15 is 0 Å². The topological polar surface area (TPSA) is 81.2 Å². The van der Waals surface area contributed by atoms with Crippen molar-refractivity contribution in [2.24, 2.45) is 0 Å². The van der Waals surface area contributed by atoms with E-state index in [1.54, 1.807) is 0 Å². The molecule has 0 aliphatic rings. The van der Waals surface area contributed by atoms with Gasteiger partial charge in [-0.15, -0.1) is 0 Å². The van der Waals surface area contributed by atoms with E-state index in [1.807, 2.05) is 91.0 Å². The molecule has 5 heteroatoms. The number of benzene rings is 7. The second-order valence-electron chi connectivity index (χ2n) is 12.3. The summed E-state index contributed by atoms with van der Waals surface area (Å²) in [5, 5.41) is 33.7.